The summed E-state index contributed by atoms with van der Waals surface area (Å²) in [5.74, 6) is 1.35. The Morgan fingerprint density at radius 2 is 2.44 bits per heavy atom. The van der Waals surface area contributed by atoms with Gasteiger partial charge < -0.3 is 10.0 Å². The minimum absolute atomic E-state index is 0.246. The second-order valence-corrected chi connectivity index (χ2v) is 4.39. The molecule has 1 atom stereocenters. The fourth-order valence-corrected chi connectivity index (χ4v) is 2.34. The highest BCUT2D eigenvalue weighted by atomic mass is 16.3. The van der Waals surface area contributed by atoms with Gasteiger partial charge in [0.25, 0.3) is 0 Å². The van der Waals surface area contributed by atoms with Gasteiger partial charge in [0.05, 0.1) is 6.61 Å². The molecule has 1 aliphatic heterocycles. The molecular formula is C12H19N3O. The summed E-state index contributed by atoms with van der Waals surface area (Å²) in [6, 6.07) is 2.01. The van der Waals surface area contributed by atoms with Gasteiger partial charge in [-0.3, -0.25) is 0 Å². The Hall–Kier alpha value is -1.00. The molecule has 0 radical (unpaired) electrons. The Labute approximate surface area is 96.3 Å². The van der Waals surface area contributed by atoms with Gasteiger partial charge >= 0.3 is 0 Å². The first-order chi connectivity index (χ1) is 7.79. The zero-order valence-corrected chi connectivity index (χ0v) is 9.76. The minimum atomic E-state index is 0.246. The largest absolute Gasteiger partial charge is 0.395 e. The zero-order valence-electron chi connectivity index (χ0n) is 9.76. The summed E-state index contributed by atoms with van der Waals surface area (Å²) in [4.78, 5) is 10.9. The Morgan fingerprint density at radius 3 is 3.19 bits per heavy atom. The smallest absolute Gasteiger partial charge is 0.125 e. The maximum absolute atomic E-state index is 8.95. The van der Waals surface area contributed by atoms with Crippen LogP contribution in [0.5, 0.6) is 0 Å². The molecule has 1 fully saturated rings. The summed E-state index contributed by atoms with van der Waals surface area (Å²) in [6.07, 6.45) is 4.22. The van der Waals surface area contributed by atoms with Crippen molar-refractivity contribution in [2.45, 2.75) is 25.7 Å². The number of hydrogen-bond acceptors (Lipinski definition) is 4. The standard InChI is InChI=1S/C12H19N3O/c1-10-13-5-4-12(14-10)11-3-2-6-15(9-11)7-8-16/h4-5,11,16H,2-3,6-9H2,1H3/t11-/m0/s1. The van der Waals surface area contributed by atoms with Crippen LogP contribution in [-0.2, 0) is 0 Å². The number of nitrogens with zero attached hydrogens (tertiary/aromatic N) is 3. The third-order valence-electron chi connectivity index (χ3n) is 3.14. The van der Waals surface area contributed by atoms with Crippen LogP contribution < -0.4 is 0 Å². The second-order valence-electron chi connectivity index (χ2n) is 4.39. The van der Waals surface area contributed by atoms with Gasteiger partial charge in [-0.15, -0.1) is 0 Å². The summed E-state index contributed by atoms with van der Waals surface area (Å²) in [5.41, 5.74) is 1.15. The Bertz CT molecular complexity index is 341. The summed E-state index contributed by atoms with van der Waals surface area (Å²) in [7, 11) is 0. The molecule has 4 heteroatoms. The molecule has 4 nitrogen and oxygen atoms in total. The molecule has 1 aliphatic rings. The van der Waals surface area contributed by atoms with Crippen LogP contribution in [0.3, 0.4) is 0 Å². The third kappa shape index (κ3) is 2.77. The molecule has 0 amide bonds. The number of aromatic nitrogens is 2. The van der Waals surface area contributed by atoms with Crippen molar-refractivity contribution >= 4 is 0 Å². The van der Waals surface area contributed by atoms with Crippen molar-refractivity contribution in [3.8, 4) is 0 Å². The molecule has 2 heterocycles. The predicted octanol–water partition coefficient (Wildman–Crippen LogP) is 0.957. The van der Waals surface area contributed by atoms with Crippen LogP contribution >= 0.6 is 0 Å². The van der Waals surface area contributed by atoms with E-state index in [9.17, 15) is 0 Å². The Kier molecular flexibility index (Phi) is 3.85. The van der Waals surface area contributed by atoms with E-state index in [2.05, 4.69) is 14.9 Å². The monoisotopic (exact) mass is 221 g/mol. The fraction of sp³-hybridized carbons (Fsp3) is 0.667. The van der Waals surface area contributed by atoms with E-state index in [1.807, 2.05) is 19.2 Å². The van der Waals surface area contributed by atoms with Crippen LogP contribution in [0, 0.1) is 6.92 Å². The van der Waals surface area contributed by atoms with Crippen molar-refractivity contribution < 1.29 is 5.11 Å². The van der Waals surface area contributed by atoms with E-state index < -0.39 is 0 Å². The first kappa shape index (κ1) is 11.5. The van der Waals surface area contributed by atoms with E-state index in [1.54, 1.807) is 0 Å². The van der Waals surface area contributed by atoms with Crippen LogP contribution in [0.2, 0.25) is 0 Å². The van der Waals surface area contributed by atoms with Crippen LogP contribution in [0.4, 0.5) is 0 Å². The topological polar surface area (TPSA) is 49.2 Å². The third-order valence-corrected chi connectivity index (χ3v) is 3.14. The average Bonchev–Trinajstić information content (AvgIpc) is 2.30. The van der Waals surface area contributed by atoms with Gasteiger partial charge in [-0.2, -0.15) is 0 Å². The first-order valence-electron chi connectivity index (χ1n) is 5.92. The number of rotatable bonds is 3. The summed E-state index contributed by atoms with van der Waals surface area (Å²) < 4.78 is 0. The summed E-state index contributed by atoms with van der Waals surface area (Å²) in [6.45, 7) is 5.06. The van der Waals surface area contributed by atoms with E-state index >= 15 is 0 Å². The van der Waals surface area contributed by atoms with Gasteiger partial charge in [0.2, 0.25) is 0 Å². The molecule has 1 saturated heterocycles. The number of aliphatic hydroxyl groups excluding tert-OH is 1. The van der Waals surface area contributed by atoms with Crippen LogP contribution in [0.25, 0.3) is 0 Å². The lowest BCUT2D eigenvalue weighted by molar-refractivity contribution is 0.160. The van der Waals surface area contributed by atoms with Crippen molar-refractivity contribution in [1.82, 2.24) is 14.9 Å². The van der Waals surface area contributed by atoms with Gasteiger partial charge in [0, 0.05) is 30.9 Å². The minimum Gasteiger partial charge on any atom is -0.395 e. The molecule has 0 unspecified atom stereocenters. The molecule has 1 aromatic rings. The molecule has 0 aliphatic carbocycles. The number of aliphatic hydroxyl groups is 1. The number of hydrogen-bond donors (Lipinski definition) is 1. The van der Waals surface area contributed by atoms with Crippen molar-refractivity contribution in [2.24, 2.45) is 0 Å². The molecule has 0 bridgehead atoms. The van der Waals surface area contributed by atoms with E-state index in [4.69, 9.17) is 5.11 Å². The summed E-state index contributed by atoms with van der Waals surface area (Å²) in [5, 5.41) is 8.95. The van der Waals surface area contributed by atoms with Crippen molar-refractivity contribution in [3.05, 3.63) is 23.8 Å². The molecular weight excluding hydrogens is 202 g/mol. The maximum Gasteiger partial charge on any atom is 0.125 e. The number of likely N-dealkylation sites (tertiary alicyclic amines) is 1. The molecule has 88 valence electrons. The van der Waals surface area contributed by atoms with E-state index in [0.717, 1.165) is 31.2 Å². The Morgan fingerprint density at radius 1 is 1.56 bits per heavy atom. The molecule has 0 spiro atoms. The molecule has 2 rings (SSSR count). The molecule has 1 aromatic heterocycles. The lowest BCUT2D eigenvalue weighted by Gasteiger charge is -2.31. The van der Waals surface area contributed by atoms with Crippen LogP contribution in [0.15, 0.2) is 12.3 Å². The molecule has 16 heavy (non-hydrogen) atoms. The molecule has 1 N–H and O–H groups in total. The summed E-state index contributed by atoms with van der Waals surface area (Å²) >= 11 is 0. The lowest BCUT2D eigenvalue weighted by Crippen LogP contribution is -2.36. The normalized spacial score (nSPS) is 22.2. The van der Waals surface area contributed by atoms with Gasteiger partial charge in [-0.05, 0) is 32.4 Å². The molecule has 0 aromatic carbocycles. The maximum atomic E-state index is 8.95. The predicted molar refractivity (Wildman–Crippen MR) is 62.3 cm³/mol. The molecule has 0 saturated carbocycles. The van der Waals surface area contributed by atoms with E-state index in [0.29, 0.717) is 5.92 Å². The highest BCUT2D eigenvalue weighted by molar-refractivity contribution is 5.09. The highest BCUT2D eigenvalue weighted by Crippen LogP contribution is 2.24. The van der Waals surface area contributed by atoms with Crippen LogP contribution in [0.1, 0.15) is 30.3 Å². The average molecular weight is 221 g/mol. The van der Waals surface area contributed by atoms with Crippen molar-refractivity contribution in [2.75, 3.05) is 26.2 Å². The van der Waals surface area contributed by atoms with Crippen molar-refractivity contribution in [1.29, 1.82) is 0 Å². The SMILES string of the molecule is Cc1nccc([C@H]2CCCN(CCO)C2)n1. The number of β-amino-alcohol motifs (C(OH)–C–C–N with tert-alkyl or cyclic N) is 1. The van der Waals surface area contributed by atoms with Crippen LogP contribution in [-0.4, -0.2) is 46.2 Å². The highest BCUT2D eigenvalue weighted by Gasteiger charge is 2.21. The van der Waals surface area contributed by atoms with Gasteiger partial charge in [0.15, 0.2) is 0 Å². The lowest BCUT2D eigenvalue weighted by atomic mass is 9.94. The Balaban J connectivity index is 2.03. The number of piperidine rings is 1. The van der Waals surface area contributed by atoms with Gasteiger partial charge in [-0.1, -0.05) is 0 Å². The van der Waals surface area contributed by atoms with E-state index in [1.165, 1.54) is 12.8 Å². The number of aryl methyl sites for hydroxylation is 1. The van der Waals surface area contributed by atoms with E-state index in [-0.39, 0.29) is 6.61 Å². The second kappa shape index (κ2) is 5.37. The fourth-order valence-electron chi connectivity index (χ4n) is 2.34. The quantitative estimate of drug-likeness (QED) is 0.826. The van der Waals surface area contributed by atoms with Crippen molar-refractivity contribution in [3.63, 3.8) is 0 Å². The van der Waals surface area contributed by atoms with Gasteiger partial charge in [0.1, 0.15) is 5.82 Å². The van der Waals surface area contributed by atoms with Gasteiger partial charge in [-0.25, -0.2) is 9.97 Å². The zero-order chi connectivity index (χ0) is 11.4. The first-order valence-corrected chi connectivity index (χ1v) is 5.92.